The zero-order valence-corrected chi connectivity index (χ0v) is 12.2. The lowest BCUT2D eigenvalue weighted by Crippen LogP contribution is -1.80. The van der Waals surface area contributed by atoms with Gasteiger partial charge in [-0.3, -0.25) is 0 Å². The van der Waals surface area contributed by atoms with Crippen molar-refractivity contribution in [3.8, 4) is 11.3 Å². The molecule has 0 atom stereocenters. The molecule has 2 heterocycles. The highest BCUT2D eigenvalue weighted by atomic mass is 79.9. The van der Waals surface area contributed by atoms with Gasteiger partial charge in [0.05, 0.1) is 10.2 Å². The van der Waals surface area contributed by atoms with Crippen molar-refractivity contribution in [3.05, 3.63) is 53.3 Å². The number of rotatable bonds is 2. The van der Waals surface area contributed by atoms with Crippen molar-refractivity contribution in [1.82, 2.24) is 9.38 Å². The van der Waals surface area contributed by atoms with E-state index in [9.17, 15) is 0 Å². The molecule has 0 aliphatic carbocycles. The fourth-order valence-electron chi connectivity index (χ4n) is 1.88. The Balaban J connectivity index is 2.10. The van der Waals surface area contributed by atoms with Crippen LogP contribution in [0.15, 0.2) is 58.2 Å². The number of halogens is 1. The van der Waals surface area contributed by atoms with Crippen LogP contribution in [0.25, 0.3) is 16.9 Å². The maximum atomic E-state index is 4.65. The summed E-state index contributed by atoms with van der Waals surface area (Å²) in [5, 5.41) is 0. The molecule has 90 valence electrons. The molecule has 1 aromatic carbocycles. The smallest absolute Gasteiger partial charge is 0.151 e. The summed E-state index contributed by atoms with van der Waals surface area (Å²) >= 11 is 5.27. The Labute approximate surface area is 118 Å². The van der Waals surface area contributed by atoms with Crippen LogP contribution in [0.2, 0.25) is 0 Å². The van der Waals surface area contributed by atoms with Gasteiger partial charge in [-0.15, -0.1) is 11.8 Å². The van der Waals surface area contributed by atoms with Crippen molar-refractivity contribution < 1.29 is 0 Å². The van der Waals surface area contributed by atoms with Gasteiger partial charge >= 0.3 is 0 Å². The fourth-order valence-corrected chi connectivity index (χ4v) is 2.73. The van der Waals surface area contributed by atoms with E-state index in [2.05, 4.69) is 51.4 Å². The van der Waals surface area contributed by atoms with E-state index in [-0.39, 0.29) is 0 Å². The highest BCUT2D eigenvalue weighted by Gasteiger charge is 2.06. The van der Waals surface area contributed by atoms with Gasteiger partial charge in [-0.2, -0.15) is 0 Å². The lowest BCUT2D eigenvalue weighted by molar-refractivity contribution is 1.18. The standard InChI is InChI=1S/C14H11BrN2S/c1-18-11-6-4-10(5-7-11)13-9-17-8-2-3-12(15)14(17)16-13/h2-9H,1H3. The van der Waals surface area contributed by atoms with E-state index in [0.717, 1.165) is 21.4 Å². The summed E-state index contributed by atoms with van der Waals surface area (Å²) in [5.41, 5.74) is 3.08. The normalized spacial score (nSPS) is 11.0. The van der Waals surface area contributed by atoms with Crippen molar-refractivity contribution in [2.45, 2.75) is 4.90 Å². The molecule has 0 N–H and O–H groups in total. The zero-order valence-electron chi connectivity index (χ0n) is 9.80. The lowest BCUT2D eigenvalue weighted by atomic mass is 10.2. The Kier molecular flexibility index (Phi) is 3.14. The number of benzene rings is 1. The molecule has 3 aromatic rings. The van der Waals surface area contributed by atoms with Gasteiger partial charge in [0.1, 0.15) is 0 Å². The third-order valence-electron chi connectivity index (χ3n) is 2.82. The summed E-state index contributed by atoms with van der Waals surface area (Å²) in [6, 6.07) is 12.5. The van der Waals surface area contributed by atoms with E-state index in [4.69, 9.17) is 0 Å². The van der Waals surface area contributed by atoms with Crippen LogP contribution >= 0.6 is 27.7 Å². The third-order valence-corrected chi connectivity index (χ3v) is 4.18. The molecule has 2 nitrogen and oxygen atoms in total. The summed E-state index contributed by atoms with van der Waals surface area (Å²) in [7, 11) is 0. The highest BCUT2D eigenvalue weighted by molar-refractivity contribution is 9.10. The molecular weight excluding hydrogens is 308 g/mol. The van der Waals surface area contributed by atoms with Crippen molar-refractivity contribution in [2.75, 3.05) is 6.26 Å². The van der Waals surface area contributed by atoms with Crippen LogP contribution in [0.3, 0.4) is 0 Å². The molecule has 18 heavy (non-hydrogen) atoms. The lowest BCUT2D eigenvalue weighted by Gasteiger charge is -1.98. The van der Waals surface area contributed by atoms with Gasteiger partial charge in [-0.1, -0.05) is 12.1 Å². The van der Waals surface area contributed by atoms with Crippen LogP contribution in [0.4, 0.5) is 0 Å². The van der Waals surface area contributed by atoms with Crippen LogP contribution in [0.1, 0.15) is 0 Å². The predicted molar refractivity (Wildman–Crippen MR) is 80.1 cm³/mol. The van der Waals surface area contributed by atoms with Crippen molar-refractivity contribution in [3.63, 3.8) is 0 Å². The minimum Gasteiger partial charge on any atom is -0.306 e. The van der Waals surface area contributed by atoms with Crippen LogP contribution in [-0.2, 0) is 0 Å². The SMILES string of the molecule is CSc1ccc(-c2cn3cccc(Br)c3n2)cc1. The predicted octanol–water partition coefficient (Wildman–Crippen LogP) is 4.49. The molecule has 0 saturated carbocycles. The van der Waals surface area contributed by atoms with Crippen LogP contribution in [0.5, 0.6) is 0 Å². The van der Waals surface area contributed by atoms with E-state index in [1.165, 1.54) is 4.90 Å². The maximum absolute atomic E-state index is 4.65. The van der Waals surface area contributed by atoms with Crippen LogP contribution in [-0.4, -0.2) is 15.6 Å². The van der Waals surface area contributed by atoms with E-state index in [1.54, 1.807) is 11.8 Å². The number of hydrogen-bond donors (Lipinski definition) is 0. The Morgan fingerprint density at radius 2 is 1.94 bits per heavy atom. The number of hydrogen-bond acceptors (Lipinski definition) is 2. The first-order valence-corrected chi connectivity index (χ1v) is 7.57. The first-order chi connectivity index (χ1) is 8.78. The molecule has 0 aliphatic rings. The fraction of sp³-hybridized carbons (Fsp3) is 0.0714. The minimum absolute atomic E-state index is 0.946. The molecular formula is C14H11BrN2S. The topological polar surface area (TPSA) is 17.3 Å². The molecule has 0 saturated heterocycles. The molecule has 3 rings (SSSR count). The van der Waals surface area contributed by atoms with Gasteiger partial charge in [0, 0.05) is 22.9 Å². The first-order valence-electron chi connectivity index (χ1n) is 5.55. The second-order valence-electron chi connectivity index (χ2n) is 3.94. The number of aromatic nitrogens is 2. The second kappa shape index (κ2) is 4.78. The van der Waals surface area contributed by atoms with Gasteiger partial charge in [0.2, 0.25) is 0 Å². The van der Waals surface area contributed by atoms with Crippen LogP contribution < -0.4 is 0 Å². The molecule has 0 aliphatic heterocycles. The molecule has 0 bridgehead atoms. The Morgan fingerprint density at radius 1 is 1.17 bits per heavy atom. The summed E-state index contributed by atoms with van der Waals surface area (Å²) < 4.78 is 3.04. The Bertz CT molecular complexity index is 689. The monoisotopic (exact) mass is 318 g/mol. The average Bonchev–Trinajstić information content (AvgIpc) is 2.84. The van der Waals surface area contributed by atoms with E-state index in [1.807, 2.05) is 28.9 Å². The number of nitrogens with zero attached hydrogens (tertiary/aromatic N) is 2. The highest BCUT2D eigenvalue weighted by Crippen LogP contribution is 2.25. The van der Waals surface area contributed by atoms with Gasteiger partial charge in [-0.25, -0.2) is 4.98 Å². The van der Waals surface area contributed by atoms with Crippen LogP contribution in [0, 0.1) is 0 Å². The molecule has 4 heteroatoms. The van der Waals surface area contributed by atoms with Gasteiger partial charge in [0.25, 0.3) is 0 Å². The van der Waals surface area contributed by atoms with E-state index >= 15 is 0 Å². The summed E-state index contributed by atoms with van der Waals surface area (Å²) in [5.74, 6) is 0. The number of fused-ring (bicyclic) bond motifs is 1. The summed E-state index contributed by atoms with van der Waals surface area (Å²) in [4.78, 5) is 5.91. The number of thioether (sulfide) groups is 1. The Morgan fingerprint density at radius 3 is 2.61 bits per heavy atom. The molecule has 0 unspecified atom stereocenters. The number of imidazole rings is 1. The number of pyridine rings is 1. The minimum atomic E-state index is 0.946. The van der Waals surface area contributed by atoms with Gasteiger partial charge in [-0.05, 0) is 46.5 Å². The van der Waals surface area contributed by atoms with Crippen molar-refractivity contribution in [1.29, 1.82) is 0 Å². The third kappa shape index (κ3) is 2.06. The van der Waals surface area contributed by atoms with Crippen molar-refractivity contribution in [2.24, 2.45) is 0 Å². The first kappa shape index (κ1) is 11.8. The molecule has 0 fully saturated rings. The molecule has 2 aromatic heterocycles. The molecule has 0 radical (unpaired) electrons. The van der Waals surface area contributed by atoms with E-state index in [0.29, 0.717) is 0 Å². The summed E-state index contributed by atoms with van der Waals surface area (Å²) in [6.07, 6.45) is 6.14. The molecule has 0 amide bonds. The maximum Gasteiger partial charge on any atom is 0.151 e. The zero-order chi connectivity index (χ0) is 12.5. The van der Waals surface area contributed by atoms with E-state index < -0.39 is 0 Å². The molecule has 0 spiro atoms. The van der Waals surface area contributed by atoms with Gasteiger partial charge < -0.3 is 4.40 Å². The second-order valence-corrected chi connectivity index (χ2v) is 5.68. The summed E-state index contributed by atoms with van der Waals surface area (Å²) in [6.45, 7) is 0. The largest absolute Gasteiger partial charge is 0.306 e. The van der Waals surface area contributed by atoms with Gasteiger partial charge in [0.15, 0.2) is 5.65 Å². The Hall–Kier alpha value is -1.26. The average molecular weight is 319 g/mol. The van der Waals surface area contributed by atoms with Crippen molar-refractivity contribution >= 4 is 33.3 Å². The quantitative estimate of drug-likeness (QED) is 0.648.